The van der Waals surface area contributed by atoms with Crippen LogP contribution in [-0.4, -0.2) is 41.8 Å². The Bertz CT molecular complexity index is 299. The number of nitrogens with zero attached hydrogens (tertiary/aromatic N) is 1. The topological polar surface area (TPSA) is 41.6 Å². The molecule has 0 saturated carbocycles. The number of ether oxygens (including phenoxy) is 1. The maximum atomic E-state index is 11.9. The Hall–Kier alpha value is -1.03. The summed E-state index contributed by atoms with van der Waals surface area (Å²) in [5.74, 6) is 0. The molecule has 0 radical (unpaired) electrons. The lowest BCUT2D eigenvalue weighted by atomic mass is 9.90. The molecule has 1 rings (SSSR count). The van der Waals surface area contributed by atoms with Crippen molar-refractivity contribution < 1.29 is 9.53 Å². The van der Waals surface area contributed by atoms with Crippen molar-refractivity contribution in [2.75, 3.05) is 19.6 Å². The zero-order chi connectivity index (χ0) is 13.8. The van der Waals surface area contributed by atoms with Crippen LogP contribution in [0.4, 0.5) is 4.79 Å². The average Bonchev–Trinajstić information content (AvgIpc) is 2.25. The predicted molar refractivity (Wildman–Crippen MR) is 73.6 cm³/mol. The first-order valence-corrected chi connectivity index (χ1v) is 6.60. The smallest absolute Gasteiger partial charge is 0.410 e. The maximum Gasteiger partial charge on any atom is 0.410 e. The highest BCUT2D eigenvalue weighted by Crippen LogP contribution is 2.23. The number of rotatable bonds is 3. The van der Waals surface area contributed by atoms with Crippen LogP contribution < -0.4 is 5.32 Å². The van der Waals surface area contributed by atoms with Crippen LogP contribution in [0.15, 0.2) is 12.7 Å². The van der Waals surface area contributed by atoms with Crippen LogP contribution in [0.25, 0.3) is 0 Å². The summed E-state index contributed by atoms with van der Waals surface area (Å²) in [5.41, 5.74) is -0.314. The summed E-state index contributed by atoms with van der Waals surface area (Å²) < 4.78 is 5.38. The van der Waals surface area contributed by atoms with Crippen LogP contribution in [0, 0.1) is 0 Å². The van der Waals surface area contributed by atoms with E-state index in [1.54, 1.807) is 4.90 Å². The molecule has 0 atom stereocenters. The Balaban J connectivity index is 2.43. The number of amides is 1. The summed E-state index contributed by atoms with van der Waals surface area (Å²) in [6.07, 6.45) is 3.55. The van der Waals surface area contributed by atoms with E-state index in [0.29, 0.717) is 0 Å². The van der Waals surface area contributed by atoms with Crippen molar-refractivity contribution in [2.45, 2.75) is 51.7 Å². The maximum absolute atomic E-state index is 11.9. The third kappa shape index (κ3) is 4.69. The minimum atomic E-state index is -0.418. The van der Waals surface area contributed by atoms with Gasteiger partial charge < -0.3 is 15.0 Å². The summed E-state index contributed by atoms with van der Waals surface area (Å²) in [6.45, 7) is 13.9. The lowest BCUT2D eigenvalue weighted by molar-refractivity contribution is 0.0160. The highest BCUT2D eigenvalue weighted by molar-refractivity contribution is 5.68. The second kappa shape index (κ2) is 5.74. The number of nitrogens with one attached hydrogen (secondary N) is 1. The summed E-state index contributed by atoms with van der Waals surface area (Å²) in [5, 5.41) is 3.46. The van der Waals surface area contributed by atoms with Gasteiger partial charge in [-0.2, -0.15) is 0 Å². The van der Waals surface area contributed by atoms with Crippen molar-refractivity contribution in [3.8, 4) is 0 Å². The fraction of sp³-hybridized carbons (Fsp3) is 0.786. The molecule has 0 aromatic heterocycles. The number of hydrogen-bond donors (Lipinski definition) is 1. The number of likely N-dealkylation sites (tertiary alicyclic amines) is 1. The minimum Gasteiger partial charge on any atom is -0.444 e. The van der Waals surface area contributed by atoms with E-state index in [-0.39, 0.29) is 11.6 Å². The molecule has 1 aliphatic heterocycles. The Kier molecular flexibility index (Phi) is 4.79. The molecule has 1 N–H and O–H groups in total. The molecule has 1 heterocycles. The van der Waals surface area contributed by atoms with Gasteiger partial charge in [0.25, 0.3) is 0 Å². The predicted octanol–water partition coefficient (Wildman–Crippen LogP) is 2.55. The molecule has 0 aromatic rings. The Morgan fingerprint density at radius 2 is 2.00 bits per heavy atom. The van der Waals surface area contributed by atoms with Gasteiger partial charge in [0.05, 0.1) is 0 Å². The number of hydrogen-bond acceptors (Lipinski definition) is 3. The number of carbonyl (C=O) groups is 1. The van der Waals surface area contributed by atoms with E-state index in [1.807, 2.05) is 26.8 Å². The molecule has 4 nitrogen and oxygen atoms in total. The van der Waals surface area contributed by atoms with Gasteiger partial charge in [-0.1, -0.05) is 6.08 Å². The standard InChI is InChI=1S/C14H26N2O2/c1-6-9-15-14(5)7-10-16(11-8-14)12(17)18-13(2,3)4/h6,15H,1,7-11H2,2-5H3. The molecule has 1 saturated heterocycles. The quantitative estimate of drug-likeness (QED) is 0.787. The van der Waals surface area contributed by atoms with Gasteiger partial charge in [-0.3, -0.25) is 0 Å². The van der Waals surface area contributed by atoms with Gasteiger partial charge in [0, 0.05) is 25.2 Å². The van der Waals surface area contributed by atoms with Gasteiger partial charge in [-0.25, -0.2) is 4.79 Å². The fourth-order valence-electron chi connectivity index (χ4n) is 2.00. The first-order chi connectivity index (χ1) is 8.26. The van der Waals surface area contributed by atoms with Crippen LogP contribution in [-0.2, 0) is 4.74 Å². The normalized spacial score (nSPS) is 19.4. The molecule has 104 valence electrons. The molecule has 0 bridgehead atoms. The van der Waals surface area contributed by atoms with Crippen molar-refractivity contribution in [1.29, 1.82) is 0 Å². The first kappa shape index (κ1) is 15.0. The van der Waals surface area contributed by atoms with E-state index in [0.717, 1.165) is 32.5 Å². The second-order valence-corrected chi connectivity index (χ2v) is 6.20. The van der Waals surface area contributed by atoms with E-state index in [4.69, 9.17) is 4.74 Å². The molecule has 1 fully saturated rings. The molecule has 0 unspecified atom stereocenters. The second-order valence-electron chi connectivity index (χ2n) is 6.20. The van der Waals surface area contributed by atoms with Crippen molar-refractivity contribution in [1.82, 2.24) is 10.2 Å². The monoisotopic (exact) mass is 254 g/mol. The summed E-state index contributed by atoms with van der Waals surface area (Å²) in [4.78, 5) is 13.7. The van der Waals surface area contributed by atoms with Crippen molar-refractivity contribution in [3.05, 3.63) is 12.7 Å². The highest BCUT2D eigenvalue weighted by atomic mass is 16.6. The molecular weight excluding hydrogens is 228 g/mol. The first-order valence-electron chi connectivity index (χ1n) is 6.60. The number of piperidine rings is 1. The molecule has 0 aromatic carbocycles. The van der Waals surface area contributed by atoms with Gasteiger partial charge in [0.1, 0.15) is 5.60 Å². The van der Waals surface area contributed by atoms with Gasteiger partial charge >= 0.3 is 6.09 Å². The van der Waals surface area contributed by atoms with E-state index in [2.05, 4.69) is 18.8 Å². The van der Waals surface area contributed by atoms with E-state index in [1.165, 1.54) is 0 Å². The fourth-order valence-corrected chi connectivity index (χ4v) is 2.00. The van der Waals surface area contributed by atoms with Crippen LogP contribution in [0.1, 0.15) is 40.5 Å². The molecule has 0 aliphatic carbocycles. The van der Waals surface area contributed by atoms with Crippen molar-refractivity contribution >= 4 is 6.09 Å². The largest absolute Gasteiger partial charge is 0.444 e. The van der Waals surface area contributed by atoms with Gasteiger partial charge in [-0.05, 0) is 40.5 Å². The summed E-state index contributed by atoms with van der Waals surface area (Å²) in [7, 11) is 0. The molecular formula is C14H26N2O2. The van der Waals surface area contributed by atoms with Crippen LogP contribution >= 0.6 is 0 Å². The van der Waals surface area contributed by atoms with E-state index >= 15 is 0 Å². The molecule has 0 spiro atoms. The summed E-state index contributed by atoms with van der Waals surface area (Å²) in [6, 6.07) is 0. The van der Waals surface area contributed by atoms with Crippen molar-refractivity contribution in [2.24, 2.45) is 0 Å². The molecule has 1 amide bonds. The van der Waals surface area contributed by atoms with Crippen molar-refractivity contribution in [3.63, 3.8) is 0 Å². The molecule has 4 heteroatoms. The number of carbonyl (C=O) groups excluding carboxylic acids is 1. The molecule has 1 aliphatic rings. The average molecular weight is 254 g/mol. The van der Waals surface area contributed by atoms with Gasteiger partial charge in [-0.15, -0.1) is 6.58 Å². The third-order valence-electron chi connectivity index (χ3n) is 3.19. The zero-order valence-corrected chi connectivity index (χ0v) is 12.1. The SMILES string of the molecule is C=CCNC1(C)CCN(C(=O)OC(C)(C)C)CC1. The highest BCUT2D eigenvalue weighted by Gasteiger charge is 2.32. The minimum absolute atomic E-state index is 0.104. The van der Waals surface area contributed by atoms with Gasteiger partial charge in [0.2, 0.25) is 0 Å². The zero-order valence-electron chi connectivity index (χ0n) is 12.1. The Morgan fingerprint density at radius 3 is 2.44 bits per heavy atom. The van der Waals surface area contributed by atoms with Gasteiger partial charge in [0.15, 0.2) is 0 Å². The lowest BCUT2D eigenvalue weighted by Crippen LogP contribution is -2.53. The Labute approximate surface area is 110 Å². The van der Waals surface area contributed by atoms with E-state index in [9.17, 15) is 4.79 Å². The van der Waals surface area contributed by atoms with Crippen LogP contribution in [0.5, 0.6) is 0 Å². The van der Waals surface area contributed by atoms with E-state index < -0.39 is 5.60 Å². The van der Waals surface area contributed by atoms with Crippen LogP contribution in [0.2, 0.25) is 0 Å². The Morgan fingerprint density at radius 1 is 1.44 bits per heavy atom. The lowest BCUT2D eigenvalue weighted by Gasteiger charge is -2.40. The summed E-state index contributed by atoms with van der Waals surface area (Å²) >= 11 is 0. The van der Waals surface area contributed by atoms with Crippen LogP contribution in [0.3, 0.4) is 0 Å². The molecule has 18 heavy (non-hydrogen) atoms. The third-order valence-corrected chi connectivity index (χ3v) is 3.19.